The molecule has 0 saturated carbocycles. The van der Waals surface area contributed by atoms with Crippen molar-refractivity contribution >= 4 is 34.6 Å². The van der Waals surface area contributed by atoms with Gasteiger partial charge in [0.05, 0.1) is 19.3 Å². The molecular formula is C23H33N5O7. The van der Waals surface area contributed by atoms with Crippen LogP contribution in [0.5, 0.6) is 0 Å². The lowest BCUT2D eigenvalue weighted by atomic mass is 10.0. The van der Waals surface area contributed by atoms with Crippen LogP contribution in [-0.4, -0.2) is 81.4 Å². The molecular weight excluding hydrogens is 458 g/mol. The van der Waals surface area contributed by atoms with Gasteiger partial charge in [0.15, 0.2) is 0 Å². The lowest BCUT2D eigenvalue weighted by Gasteiger charge is -2.23. The van der Waals surface area contributed by atoms with Crippen LogP contribution in [0.3, 0.4) is 0 Å². The Balaban J connectivity index is 2.03. The summed E-state index contributed by atoms with van der Waals surface area (Å²) in [6, 6.07) is 2.12. The summed E-state index contributed by atoms with van der Waals surface area (Å²) in [4.78, 5) is 52.2. The predicted octanol–water partition coefficient (Wildman–Crippen LogP) is -1.39. The summed E-state index contributed by atoms with van der Waals surface area (Å²) in [5, 5.41) is 36.4. The fourth-order valence-electron chi connectivity index (χ4n) is 3.55. The molecule has 12 heteroatoms. The number of amides is 3. The van der Waals surface area contributed by atoms with E-state index in [1.165, 1.54) is 0 Å². The number of carbonyl (C=O) groups is 4. The third-order valence-corrected chi connectivity index (χ3v) is 5.41. The monoisotopic (exact) mass is 491 g/mol. The first-order chi connectivity index (χ1) is 16.6. The summed E-state index contributed by atoms with van der Waals surface area (Å²) in [6.45, 7) is 2.13. The highest BCUT2D eigenvalue weighted by atomic mass is 16.4. The zero-order chi connectivity index (χ0) is 26.1. The average molecular weight is 492 g/mol. The van der Waals surface area contributed by atoms with Crippen LogP contribution in [0.25, 0.3) is 10.9 Å². The van der Waals surface area contributed by atoms with Crippen molar-refractivity contribution < 1.29 is 34.5 Å². The van der Waals surface area contributed by atoms with Gasteiger partial charge in [0.2, 0.25) is 17.7 Å². The minimum absolute atomic E-state index is 0.0414. The molecule has 0 bridgehead atoms. The van der Waals surface area contributed by atoms with Crippen LogP contribution in [0.1, 0.15) is 25.8 Å². The van der Waals surface area contributed by atoms with Crippen molar-refractivity contribution in [3.05, 3.63) is 36.0 Å². The molecule has 9 N–H and O–H groups in total. The van der Waals surface area contributed by atoms with Crippen LogP contribution >= 0.6 is 0 Å². The number of hydrogen-bond acceptors (Lipinski definition) is 7. The van der Waals surface area contributed by atoms with E-state index in [0.29, 0.717) is 12.0 Å². The molecule has 3 amide bonds. The van der Waals surface area contributed by atoms with Crippen molar-refractivity contribution in [3.63, 3.8) is 0 Å². The lowest BCUT2D eigenvalue weighted by Crippen LogP contribution is -2.59. The molecule has 0 spiro atoms. The Kier molecular flexibility index (Phi) is 10.2. The number of para-hydroxylation sites is 1. The van der Waals surface area contributed by atoms with Gasteiger partial charge < -0.3 is 42.0 Å². The van der Waals surface area contributed by atoms with Crippen LogP contribution in [0.15, 0.2) is 30.5 Å². The summed E-state index contributed by atoms with van der Waals surface area (Å²) >= 11 is 0. The maximum Gasteiger partial charge on any atom is 0.326 e. The first-order valence-corrected chi connectivity index (χ1v) is 11.2. The number of carboxylic acid groups (broad SMARTS) is 1. The molecule has 1 aromatic heterocycles. The molecule has 4 atom stereocenters. The van der Waals surface area contributed by atoms with Gasteiger partial charge in [-0.25, -0.2) is 4.79 Å². The number of aliphatic hydroxyl groups is 2. The number of carbonyl (C=O) groups excluding carboxylic acids is 3. The van der Waals surface area contributed by atoms with E-state index in [1.54, 1.807) is 12.3 Å². The number of hydrogen-bond donors (Lipinski definition) is 8. The molecule has 0 radical (unpaired) electrons. The predicted molar refractivity (Wildman–Crippen MR) is 127 cm³/mol. The second-order valence-corrected chi connectivity index (χ2v) is 8.69. The lowest BCUT2D eigenvalue weighted by molar-refractivity contribution is -0.142. The number of benzene rings is 1. The summed E-state index contributed by atoms with van der Waals surface area (Å²) in [7, 11) is 0. The van der Waals surface area contributed by atoms with E-state index >= 15 is 0 Å². The normalized spacial score (nSPS) is 14.7. The Morgan fingerprint density at radius 3 is 2.00 bits per heavy atom. The zero-order valence-corrected chi connectivity index (χ0v) is 19.7. The van der Waals surface area contributed by atoms with Gasteiger partial charge in [0.25, 0.3) is 0 Å². The van der Waals surface area contributed by atoms with Crippen LogP contribution < -0.4 is 21.7 Å². The number of carboxylic acids is 1. The average Bonchev–Trinajstić information content (AvgIpc) is 3.22. The smallest absolute Gasteiger partial charge is 0.326 e. The topological polar surface area (TPSA) is 207 Å². The summed E-state index contributed by atoms with van der Waals surface area (Å²) in [6.07, 6.45) is 1.97. The number of aliphatic carboxylic acids is 1. The van der Waals surface area contributed by atoms with Crippen molar-refractivity contribution in [2.75, 3.05) is 13.2 Å². The third-order valence-electron chi connectivity index (χ3n) is 5.41. The fraction of sp³-hybridized carbons (Fsp3) is 0.478. The number of H-pyrrole nitrogens is 1. The minimum Gasteiger partial charge on any atom is -0.480 e. The highest BCUT2D eigenvalue weighted by molar-refractivity contribution is 5.94. The van der Waals surface area contributed by atoms with Crippen molar-refractivity contribution in [2.45, 2.75) is 50.9 Å². The molecule has 1 aromatic carbocycles. The zero-order valence-electron chi connectivity index (χ0n) is 19.7. The third kappa shape index (κ3) is 7.77. The number of fused-ring (bicyclic) bond motifs is 1. The number of aromatic amines is 1. The molecule has 2 aromatic rings. The molecule has 0 aliphatic carbocycles. The molecule has 12 nitrogen and oxygen atoms in total. The van der Waals surface area contributed by atoms with Gasteiger partial charge in [-0.2, -0.15) is 0 Å². The first-order valence-electron chi connectivity index (χ1n) is 11.2. The Morgan fingerprint density at radius 1 is 0.914 bits per heavy atom. The van der Waals surface area contributed by atoms with Gasteiger partial charge >= 0.3 is 5.97 Å². The summed E-state index contributed by atoms with van der Waals surface area (Å²) < 4.78 is 0. The summed E-state index contributed by atoms with van der Waals surface area (Å²) in [5.41, 5.74) is 7.26. The Labute approximate surface area is 202 Å². The van der Waals surface area contributed by atoms with E-state index < -0.39 is 61.1 Å². The van der Waals surface area contributed by atoms with E-state index in [0.717, 1.165) is 10.9 Å². The summed E-state index contributed by atoms with van der Waals surface area (Å²) in [5.74, 6) is -3.69. The number of nitrogens with one attached hydrogen (secondary N) is 4. The maximum absolute atomic E-state index is 12.7. The largest absolute Gasteiger partial charge is 0.480 e. The van der Waals surface area contributed by atoms with Crippen molar-refractivity contribution in [1.29, 1.82) is 0 Å². The van der Waals surface area contributed by atoms with Crippen LogP contribution in [0.4, 0.5) is 0 Å². The van der Waals surface area contributed by atoms with Gasteiger partial charge in [-0.1, -0.05) is 32.0 Å². The quantitative estimate of drug-likeness (QED) is 0.167. The van der Waals surface area contributed by atoms with Crippen molar-refractivity contribution in [3.8, 4) is 0 Å². The van der Waals surface area contributed by atoms with Gasteiger partial charge in [-0.15, -0.1) is 0 Å². The van der Waals surface area contributed by atoms with Gasteiger partial charge in [-0.3, -0.25) is 14.4 Å². The van der Waals surface area contributed by atoms with E-state index in [-0.39, 0.29) is 12.3 Å². The van der Waals surface area contributed by atoms with Crippen molar-refractivity contribution in [2.24, 2.45) is 11.7 Å². The highest BCUT2D eigenvalue weighted by Gasteiger charge is 2.30. The fourth-order valence-corrected chi connectivity index (χ4v) is 3.55. The van der Waals surface area contributed by atoms with E-state index in [2.05, 4.69) is 20.9 Å². The minimum atomic E-state index is -1.51. The van der Waals surface area contributed by atoms with E-state index in [1.807, 2.05) is 32.0 Å². The van der Waals surface area contributed by atoms with Crippen LogP contribution in [0, 0.1) is 5.92 Å². The molecule has 4 unspecified atom stereocenters. The second kappa shape index (κ2) is 12.8. The van der Waals surface area contributed by atoms with Gasteiger partial charge in [0.1, 0.15) is 18.1 Å². The SMILES string of the molecule is CC(C)CC(N)C(=O)NC(CO)C(=O)NC(CO)C(=O)NC(Cc1c[nH]c2ccccc12)C(=O)O. The Hall–Kier alpha value is -3.48. The maximum atomic E-state index is 12.7. The molecule has 1 heterocycles. The molecule has 0 aliphatic heterocycles. The van der Waals surface area contributed by atoms with Crippen LogP contribution in [0.2, 0.25) is 0 Å². The molecule has 2 rings (SSSR count). The molecule has 0 fully saturated rings. The van der Waals surface area contributed by atoms with E-state index in [4.69, 9.17) is 5.73 Å². The number of aliphatic hydroxyl groups excluding tert-OH is 2. The molecule has 0 saturated heterocycles. The van der Waals surface area contributed by atoms with E-state index in [9.17, 15) is 34.5 Å². The van der Waals surface area contributed by atoms with Gasteiger partial charge in [-0.05, 0) is 24.0 Å². The molecule has 192 valence electrons. The number of nitrogens with two attached hydrogens (primary N) is 1. The second-order valence-electron chi connectivity index (χ2n) is 8.69. The van der Waals surface area contributed by atoms with Crippen molar-refractivity contribution in [1.82, 2.24) is 20.9 Å². The number of aromatic nitrogens is 1. The van der Waals surface area contributed by atoms with Gasteiger partial charge in [0, 0.05) is 23.5 Å². The first kappa shape index (κ1) is 27.8. The van der Waals surface area contributed by atoms with Crippen LogP contribution in [-0.2, 0) is 25.6 Å². The standard InChI is InChI=1S/C23H33N5O7/c1-12(2)7-15(24)20(31)27-18(10-29)22(33)28-19(11-30)21(32)26-17(23(34)35)8-13-9-25-16-6-4-3-5-14(13)16/h3-6,9,12,15,17-19,25,29-30H,7-8,10-11,24H2,1-2H3,(H,26,32)(H,27,31)(H,28,33)(H,34,35). The molecule has 35 heavy (non-hydrogen) atoms. The highest BCUT2D eigenvalue weighted by Crippen LogP contribution is 2.19. The Morgan fingerprint density at radius 2 is 1.46 bits per heavy atom. The molecule has 0 aliphatic rings. The Bertz CT molecular complexity index is 1040. The number of rotatable bonds is 13.